The standard InChI is InChI=1S/C41H57N7O7/c1-7-26(4)37(36(50)23-30(40(53)54)21-28-13-9-8-10-14-28)46-38(51)29(19-25(2)3)22-35(49)33(17-12-18-44-41(42)43)45-39(52)34-20-27(5)48(47-34)31-15-11-16-32(24-31)55-6/h8-11,13-16,20,24-26,29-30,33,37H,7,12,17-19,21-23H2,1-6H3,(H,45,52)(H,46,51)(H,53,54)(H4,42,43,44)/t26-,29+,30+,33-,37-/m0/s1. The van der Waals surface area contributed by atoms with Crippen LogP contribution in [0.5, 0.6) is 5.75 Å². The molecule has 0 aliphatic carbocycles. The molecule has 1 heterocycles. The molecule has 2 aromatic carbocycles. The number of rotatable bonds is 23. The maximum absolute atomic E-state index is 14.1. The number of ether oxygens (including phenoxy) is 1. The summed E-state index contributed by atoms with van der Waals surface area (Å²) in [5.41, 5.74) is 13.3. The van der Waals surface area contributed by atoms with Crippen LogP contribution >= 0.6 is 0 Å². The number of benzene rings is 2. The molecular formula is C41H57N7O7. The lowest BCUT2D eigenvalue weighted by Gasteiger charge is -2.28. The number of guanidine groups is 1. The molecule has 14 nitrogen and oxygen atoms in total. The Hall–Kier alpha value is -5.53. The summed E-state index contributed by atoms with van der Waals surface area (Å²) in [4.78, 5) is 71.6. The Kier molecular flexibility index (Phi) is 17.1. The summed E-state index contributed by atoms with van der Waals surface area (Å²) in [5.74, 6) is -4.44. The van der Waals surface area contributed by atoms with Crippen LogP contribution in [0.15, 0.2) is 65.7 Å². The Morgan fingerprint density at radius 3 is 2.24 bits per heavy atom. The number of nitrogens with one attached hydrogen (secondary N) is 2. The third-order valence-electron chi connectivity index (χ3n) is 9.61. The van der Waals surface area contributed by atoms with E-state index in [0.717, 1.165) is 5.56 Å². The molecule has 0 radical (unpaired) electrons. The second-order valence-corrected chi connectivity index (χ2v) is 14.5. The molecule has 55 heavy (non-hydrogen) atoms. The first-order valence-electron chi connectivity index (χ1n) is 18.8. The van der Waals surface area contributed by atoms with Crippen LogP contribution in [-0.2, 0) is 25.6 Å². The molecule has 0 spiro atoms. The first-order valence-corrected chi connectivity index (χ1v) is 18.8. The van der Waals surface area contributed by atoms with Gasteiger partial charge in [-0.25, -0.2) is 4.68 Å². The Bertz CT molecular complexity index is 1790. The summed E-state index contributed by atoms with van der Waals surface area (Å²) in [6, 6.07) is 16.0. The lowest BCUT2D eigenvalue weighted by Crippen LogP contribution is -2.49. The molecule has 5 atom stereocenters. The number of methoxy groups -OCH3 is 1. The van der Waals surface area contributed by atoms with Crippen molar-refractivity contribution >= 4 is 35.3 Å². The molecule has 14 heteroatoms. The zero-order valence-electron chi connectivity index (χ0n) is 32.8. The number of carbonyl (C=O) groups excluding carboxylic acids is 4. The molecule has 3 aromatic rings. The van der Waals surface area contributed by atoms with Gasteiger partial charge in [0.05, 0.1) is 30.8 Å². The van der Waals surface area contributed by atoms with E-state index in [-0.39, 0.29) is 67.3 Å². The van der Waals surface area contributed by atoms with E-state index < -0.39 is 41.7 Å². The van der Waals surface area contributed by atoms with Gasteiger partial charge in [0.2, 0.25) is 5.91 Å². The maximum atomic E-state index is 14.1. The predicted octanol–water partition coefficient (Wildman–Crippen LogP) is 4.40. The van der Waals surface area contributed by atoms with Crippen LogP contribution in [0.2, 0.25) is 0 Å². The number of aliphatic carboxylic acids is 1. The van der Waals surface area contributed by atoms with E-state index in [9.17, 15) is 29.1 Å². The number of hydrogen-bond acceptors (Lipinski definition) is 8. The van der Waals surface area contributed by atoms with Gasteiger partial charge in [-0.1, -0.05) is 70.5 Å². The largest absolute Gasteiger partial charge is 0.497 e. The molecule has 0 saturated heterocycles. The number of carbonyl (C=O) groups is 5. The van der Waals surface area contributed by atoms with Crippen molar-refractivity contribution in [3.8, 4) is 11.4 Å². The number of amides is 2. The molecule has 3 rings (SSSR count). The molecule has 7 N–H and O–H groups in total. The minimum atomic E-state index is -1.09. The highest BCUT2D eigenvalue weighted by Gasteiger charge is 2.34. The van der Waals surface area contributed by atoms with Gasteiger partial charge < -0.3 is 31.9 Å². The van der Waals surface area contributed by atoms with E-state index in [1.165, 1.54) is 0 Å². The van der Waals surface area contributed by atoms with Crippen LogP contribution in [0.3, 0.4) is 0 Å². The zero-order chi connectivity index (χ0) is 40.7. The smallest absolute Gasteiger partial charge is 0.307 e. The SMILES string of the molecule is CC[C@H](C)[C@H](NC(=O)[C@@H](CC(=O)[C@H](CCCN=C(N)N)NC(=O)c1cc(C)n(-c2cccc(OC)c2)n1)CC(C)C)C(=O)C[C@@H](Cc1ccccc1)C(=O)O. The highest BCUT2D eigenvalue weighted by molar-refractivity contribution is 5.98. The summed E-state index contributed by atoms with van der Waals surface area (Å²) in [6.45, 7) is 9.61. The van der Waals surface area contributed by atoms with Gasteiger partial charge in [0.1, 0.15) is 5.75 Å². The molecule has 0 aliphatic rings. The maximum Gasteiger partial charge on any atom is 0.307 e. The molecule has 0 saturated carbocycles. The minimum Gasteiger partial charge on any atom is -0.497 e. The van der Waals surface area contributed by atoms with Crippen molar-refractivity contribution in [1.29, 1.82) is 0 Å². The van der Waals surface area contributed by atoms with Crippen LogP contribution in [-0.4, -0.2) is 75.9 Å². The van der Waals surface area contributed by atoms with Crippen LogP contribution in [0.4, 0.5) is 0 Å². The molecular weight excluding hydrogens is 702 g/mol. The van der Waals surface area contributed by atoms with Crippen LogP contribution in [0.1, 0.15) is 88.0 Å². The normalized spacial score (nSPS) is 13.9. The lowest BCUT2D eigenvalue weighted by atomic mass is 9.85. The Morgan fingerprint density at radius 2 is 1.62 bits per heavy atom. The van der Waals surface area contributed by atoms with Gasteiger partial charge in [-0.3, -0.25) is 29.0 Å². The number of aryl methyl sites for hydroxylation is 1. The monoisotopic (exact) mass is 759 g/mol. The highest BCUT2D eigenvalue weighted by atomic mass is 16.5. The zero-order valence-corrected chi connectivity index (χ0v) is 32.8. The van der Waals surface area contributed by atoms with Gasteiger partial charge >= 0.3 is 5.97 Å². The van der Waals surface area contributed by atoms with Crippen LogP contribution in [0, 0.1) is 30.6 Å². The van der Waals surface area contributed by atoms with E-state index in [4.69, 9.17) is 16.2 Å². The molecule has 0 aliphatic heterocycles. The van der Waals surface area contributed by atoms with Crippen molar-refractivity contribution in [3.05, 3.63) is 77.6 Å². The van der Waals surface area contributed by atoms with E-state index in [2.05, 4.69) is 20.7 Å². The molecule has 2 amide bonds. The minimum absolute atomic E-state index is 0.0158. The Morgan fingerprint density at radius 1 is 0.927 bits per heavy atom. The first-order chi connectivity index (χ1) is 26.1. The summed E-state index contributed by atoms with van der Waals surface area (Å²) >= 11 is 0. The van der Waals surface area contributed by atoms with Crippen molar-refractivity contribution in [1.82, 2.24) is 20.4 Å². The number of carboxylic acid groups (broad SMARTS) is 1. The van der Waals surface area contributed by atoms with Gasteiger partial charge in [-0.2, -0.15) is 5.10 Å². The fourth-order valence-corrected chi connectivity index (χ4v) is 6.44. The number of nitrogens with two attached hydrogens (primary N) is 2. The molecule has 0 unspecified atom stereocenters. The van der Waals surface area contributed by atoms with Crippen molar-refractivity contribution < 1.29 is 33.8 Å². The molecule has 298 valence electrons. The van der Waals surface area contributed by atoms with Crippen LogP contribution < -0.4 is 26.8 Å². The van der Waals surface area contributed by atoms with Gasteiger partial charge in [0.15, 0.2) is 23.2 Å². The topological polar surface area (TPSA) is 221 Å². The van der Waals surface area contributed by atoms with Gasteiger partial charge in [0.25, 0.3) is 5.91 Å². The summed E-state index contributed by atoms with van der Waals surface area (Å²) in [6.07, 6.45) is 1.15. The fraction of sp³-hybridized carbons (Fsp3) is 0.488. The first kappa shape index (κ1) is 43.9. The number of carboxylic acids is 1. The summed E-state index contributed by atoms with van der Waals surface area (Å²) < 4.78 is 6.93. The Balaban J connectivity index is 1.82. The molecule has 0 bridgehead atoms. The van der Waals surface area contributed by atoms with Gasteiger partial charge in [0, 0.05) is 37.1 Å². The van der Waals surface area contributed by atoms with Crippen LogP contribution in [0.25, 0.3) is 5.69 Å². The number of aliphatic imine (C=N–C) groups is 1. The predicted molar refractivity (Wildman–Crippen MR) is 211 cm³/mol. The lowest BCUT2D eigenvalue weighted by molar-refractivity contribution is -0.144. The third-order valence-corrected chi connectivity index (χ3v) is 9.61. The van der Waals surface area contributed by atoms with Crippen molar-refractivity contribution in [3.63, 3.8) is 0 Å². The van der Waals surface area contributed by atoms with E-state index in [0.29, 0.717) is 36.4 Å². The van der Waals surface area contributed by atoms with Gasteiger partial charge in [-0.05, 0) is 68.2 Å². The quantitative estimate of drug-likeness (QED) is 0.0521. The number of nitrogens with zero attached hydrogens (tertiary/aromatic N) is 3. The molecule has 1 aromatic heterocycles. The van der Waals surface area contributed by atoms with Gasteiger partial charge in [-0.15, -0.1) is 0 Å². The van der Waals surface area contributed by atoms with E-state index >= 15 is 0 Å². The van der Waals surface area contributed by atoms with Crippen molar-refractivity contribution in [2.24, 2.45) is 40.1 Å². The summed E-state index contributed by atoms with van der Waals surface area (Å²) in [7, 11) is 1.56. The number of hydrogen-bond donors (Lipinski definition) is 5. The fourth-order valence-electron chi connectivity index (χ4n) is 6.44. The van der Waals surface area contributed by atoms with E-state index in [1.807, 2.05) is 70.2 Å². The molecule has 0 fully saturated rings. The number of aromatic nitrogens is 2. The average molecular weight is 760 g/mol. The Labute approximate surface area is 323 Å². The summed E-state index contributed by atoms with van der Waals surface area (Å²) in [5, 5.41) is 20.2. The van der Waals surface area contributed by atoms with Crippen molar-refractivity contribution in [2.45, 2.75) is 91.6 Å². The number of ketones is 2. The average Bonchev–Trinajstić information content (AvgIpc) is 3.55. The van der Waals surface area contributed by atoms with E-state index in [1.54, 1.807) is 36.9 Å². The van der Waals surface area contributed by atoms with Crippen molar-refractivity contribution in [2.75, 3.05) is 13.7 Å². The second-order valence-electron chi connectivity index (χ2n) is 14.5. The third kappa shape index (κ3) is 13.7. The highest BCUT2D eigenvalue weighted by Crippen LogP contribution is 2.23. The number of Topliss-reactive ketones (excluding diaryl/α,β-unsaturated/α-hetero) is 2. The second kappa shape index (κ2) is 21.4.